The highest BCUT2D eigenvalue weighted by molar-refractivity contribution is 9.10. The van der Waals surface area contributed by atoms with Crippen molar-refractivity contribution in [3.63, 3.8) is 0 Å². The zero-order chi connectivity index (χ0) is 18.8. The third kappa shape index (κ3) is 3.94. The number of ether oxygens (including phenoxy) is 1. The molecule has 3 rings (SSSR count). The van der Waals surface area contributed by atoms with Gasteiger partial charge in [0, 0.05) is 4.47 Å². The van der Waals surface area contributed by atoms with Crippen LogP contribution in [0, 0.1) is 13.8 Å². The van der Waals surface area contributed by atoms with Crippen LogP contribution < -0.4 is 10.1 Å². The third-order valence-corrected chi connectivity index (χ3v) is 5.96. The second kappa shape index (κ2) is 7.55. The van der Waals surface area contributed by atoms with Crippen molar-refractivity contribution < 1.29 is 14.6 Å². The van der Waals surface area contributed by atoms with Crippen LogP contribution in [-0.2, 0) is 4.79 Å². The van der Waals surface area contributed by atoms with E-state index >= 15 is 0 Å². The van der Waals surface area contributed by atoms with Crippen LogP contribution in [-0.4, -0.2) is 23.3 Å². The number of nitrogens with zero attached hydrogens (tertiary/aromatic N) is 1. The number of aliphatic imine (C=N–C) groups is 1. The van der Waals surface area contributed by atoms with Crippen molar-refractivity contribution in [1.82, 2.24) is 5.32 Å². The van der Waals surface area contributed by atoms with Gasteiger partial charge in [-0.25, -0.2) is 4.99 Å². The lowest BCUT2D eigenvalue weighted by Crippen LogP contribution is -2.19. The number of carbonyl (C=O) groups is 1. The van der Waals surface area contributed by atoms with Gasteiger partial charge in [0.2, 0.25) is 0 Å². The lowest BCUT2D eigenvalue weighted by atomic mass is 10.1. The van der Waals surface area contributed by atoms with Gasteiger partial charge < -0.3 is 15.2 Å². The van der Waals surface area contributed by atoms with E-state index in [1.54, 1.807) is 18.2 Å². The molecule has 0 spiro atoms. The number of halogens is 1. The molecule has 2 N–H and O–H groups in total. The highest BCUT2D eigenvalue weighted by Gasteiger charge is 2.24. The molecule has 0 aliphatic carbocycles. The number of phenols is 1. The lowest BCUT2D eigenvalue weighted by molar-refractivity contribution is -0.115. The first-order valence-corrected chi connectivity index (χ1v) is 9.41. The van der Waals surface area contributed by atoms with E-state index in [0.29, 0.717) is 15.8 Å². The highest BCUT2D eigenvalue weighted by Crippen LogP contribution is 2.32. The molecule has 1 aliphatic heterocycles. The van der Waals surface area contributed by atoms with Crippen molar-refractivity contribution in [3.8, 4) is 11.5 Å². The van der Waals surface area contributed by atoms with E-state index < -0.39 is 0 Å². The lowest BCUT2D eigenvalue weighted by Gasteiger charge is -2.05. The molecular weight excluding hydrogens is 416 g/mol. The molecule has 0 atom stereocenters. The number of methoxy groups -OCH3 is 1. The van der Waals surface area contributed by atoms with Gasteiger partial charge in [-0.05, 0) is 72.6 Å². The topological polar surface area (TPSA) is 70.9 Å². The molecule has 0 bridgehead atoms. The minimum atomic E-state index is -0.202. The van der Waals surface area contributed by atoms with Crippen molar-refractivity contribution in [2.75, 3.05) is 7.11 Å². The number of rotatable bonds is 3. The molecule has 0 saturated carbocycles. The summed E-state index contributed by atoms with van der Waals surface area (Å²) in [5, 5.41) is 13.0. The van der Waals surface area contributed by atoms with Gasteiger partial charge in [-0.15, -0.1) is 0 Å². The first-order chi connectivity index (χ1) is 12.4. The summed E-state index contributed by atoms with van der Waals surface area (Å²) in [7, 11) is 1.48. The molecule has 1 saturated heterocycles. The molecule has 26 heavy (non-hydrogen) atoms. The summed E-state index contributed by atoms with van der Waals surface area (Å²) in [6.07, 6.45) is 1.74. The second-order valence-electron chi connectivity index (χ2n) is 5.81. The fraction of sp³-hybridized carbons (Fsp3) is 0.158. The largest absolute Gasteiger partial charge is 0.504 e. The fourth-order valence-electron chi connectivity index (χ4n) is 2.52. The predicted molar refractivity (Wildman–Crippen MR) is 109 cm³/mol. The van der Waals surface area contributed by atoms with Crippen molar-refractivity contribution >= 4 is 50.5 Å². The number of carbonyl (C=O) groups excluding carboxylic acids is 1. The number of aromatic hydroxyl groups is 1. The molecule has 134 valence electrons. The van der Waals surface area contributed by atoms with Gasteiger partial charge >= 0.3 is 0 Å². The summed E-state index contributed by atoms with van der Waals surface area (Å²) in [5.41, 5.74) is 3.73. The number of hydrogen-bond donors (Lipinski definition) is 2. The van der Waals surface area contributed by atoms with E-state index in [0.717, 1.165) is 26.9 Å². The Morgan fingerprint density at radius 3 is 2.58 bits per heavy atom. The maximum atomic E-state index is 12.2. The summed E-state index contributed by atoms with van der Waals surface area (Å²) >= 11 is 4.82. The Bertz CT molecular complexity index is 931. The Kier molecular flexibility index (Phi) is 5.38. The monoisotopic (exact) mass is 432 g/mol. The van der Waals surface area contributed by atoms with Crippen molar-refractivity contribution in [3.05, 3.63) is 56.4 Å². The van der Waals surface area contributed by atoms with Crippen LogP contribution in [0.3, 0.4) is 0 Å². The molecule has 5 nitrogen and oxygen atoms in total. The maximum Gasteiger partial charge on any atom is 0.264 e. The molecular formula is C19H17BrN2O3S. The summed E-state index contributed by atoms with van der Waals surface area (Å²) in [5.74, 6) is 0.213. The first-order valence-electron chi connectivity index (χ1n) is 7.80. The van der Waals surface area contributed by atoms with Crippen molar-refractivity contribution in [1.29, 1.82) is 0 Å². The first kappa shape index (κ1) is 18.5. The number of amides is 1. The molecule has 2 aromatic carbocycles. The number of thioether (sulfide) groups is 1. The molecule has 1 aliphatic rings. The van der Waals surface area contributed by atoms with Gasteiger partial charge in [0.1, 0.15) is 0 Å². The maximum absolute atomic E-state index is 12.2. The minimum absolute atomic E-state index is 0.0569. The third-order valence-electron chi connectivity index (χ3n) is 3.80. The van der Waals surface area contributed by atoms with Gasteiger partial charge in [-0.1, -0.05) is 22.0 Å². The molecule has 1 heterocycles. The number of nitrogens with one attached hydrogen (secondary N) is 1. The highest BCUT2D eigenvalue weighted by atomic mass is 79.9. The Balaban J connectivity index is 1.87. The van der Waals surface area contributed by atoms with Crippen LogP contribution in [0.1, 0.15) is 16.7 Å². The van der Waals surface area contributed by atoms with E-state index in [-0.39, 0.29) is 11.7 Å². The van der Waals surface area contributed by atoms with Crippen LogP contribution >= 0.6 is 27.7 Å². The van der Waals surface area contributed by atoms with Gasteiger partial charge in [0.05, 0.1) is 17.7 Å². The Morgan fingerprint density at radius 1 is 1.23 bits per heavy atom. The fourth-order valence-corrected chi connectivity index (χ4v) is 3.59. The van der Waals surface area contributed by atoms with E-state index in [1.807, 2.05) is 26.0 Å². The Morgan fingerprint density at radius 2 is 1.92 bits per heavy atom. The van der Waals surface area contributed by atoms with Crippen LogP contribution in [0.5, 0.6) is 11.5 Å². The molecule has 7 heteroatoms. The number of amidine groups is 1. The standard InChI is InChI=1S/C19H17BrN2O3S/c1-10-6-13(7-11(2)17(10)20)21-19-22-18(24)16(26-19)9-12-4-5-14(23)15(8-12)25-3/h4-9,23H,1-3H3,(H,21,22,24)/b16-9-. The number of phenolic OH excluding ortho intramolecular Hbond substituents is 1. The second-order valence-corrected chi connectivity index (χ2v) is 7.63. The summed E-state index contributed by atoms with van der Waals surface area (Å²) in [4.78, 5) is 17.3. The van der Waals surface area contributed by atoms with E-state index in [1.165, 1.54) is 24.9 Å². The normalized spacial score (nSPS) is 17.0. The smallest absolute Gasteiger partial charge is 0.264 e. The quantitative estimate of drug-likeness (QED) is 0.691. The van der Waals surface area contributed by atoms with E-state index in [4.69, 9.17) is 4.74 Å². The van der Waals surface area contributed by atoms with Gasteiger partial charge in [-0.3, -0.25) is 4.79 Å². The molecule has 2 aromatic rings. The minimum Gasteiger partial charge on any atom is -0.504 e. The molecule has 0 aromatic heterocycles. The Hall–Kier alpha value is -2.25. The molecule has 1 amide bonds. The van der Waals surface area contributed by atoms with Crippen LogP contribution in [0.25, 0.3) is 6.08 Å². The van der Waals surface area contributed by atoms with Gasteiger partial charge in [0.15, 0.2) is 16.7 Å². The van der Waals surface area contributed by atoms with E-state index in [2.05, 4.69) is 26.2 Å². The average Bonchev–Trinajstić information content (AvgIpc) is 2.93. The predicted octanol–water partition coefficient (Wildman–Crippen LogP) is 4.67. The molecule has 1 fully saturated rings. The van der Waals surface area contributed by atoms with Gasteiger partial charge in [0.25, 0.3) is 5.91 Å². The number of hydrogen-bond acceptors (Lipinski definition) is 5. The Labute approximate surface area is 164 Å². The van der Waals surface area contributed by atoms with Crippen molar-refractivity contribution in [2.45, 2.75) is 13.8 Å². The van der Waals surface area contributed by atoms with Crippen LogP contribution in [0.4, 0.5) is 5.69 Å². The zero-order valence-corrected chi connectivity index (χ0v) is 16.9. The SMILES string of the molecule is COc1cc(/C=C2\SC(=Nc3cc(C)c(Br)c(C)c3)NC2=O)ccc1O. The van der Waals surface area contributed by atoms with Crippen LogP contribution in [0.15, 0.2) is 44.7 Å². The average molecular weight is 433 g/mol. The zero-order valence-electron chi connectivity index (χ0n) is 14.5. The molecule has 0 unspecified atom stereocenters. The van der Waals surface area contributed by atoms with E-state index in [9.17, 15) is 9.90 Å². The van der Waals surface area contributed by atoms with Crippen LogP contribution in [0.2, 0.25) is 0 Å². The summed E-state index contributed by atoms with van der Waals surface area (Å²) < 4.78 is 6.16. The van der Waals surface area contributed by atoms with Gasteiger partial charge in [-0.2, -0.15) is 0 Å². The summed E-state index contributed by atoms with van der Waals surface area (Å²) in [6.45, 7) is 4.01. The summed E-state index contributed by atoms with van der Waals surface area (Å²) in [6, 6.07) is 8.85. The van der Waals surface area contributed by atoms with Crippen molar-refractivity contribution in [2.24, 2.45) is 4.99 Å². The number of benzene rings is 2. The molecule has 0 radical (unpaired) electrons. The number of aryl methyl sites for hydroxylation is 2.